The first-order valence-corrected chi connectivity index (χ1v) is 12.3. The molecular formula is C21H22ClFN6O4S. The first kappa shape index (κ1) is 24.2. The monoisotopic (exact) mass is 508 g/mol. The first-order chi connectivity index (χ1) is 16.2. The molecule has 0 amide bonds. The number of nitrogens with two attached hydrogens (primary N) is 1. The van der Waals surface area contributed by atoms with E-state index in [-0.39, 0.29) is 47.2 Å². The molecule has 2 atom stereocenters. The third-order valence-electron chi connectivity index (χ3n) is 5.53. The number of nitrogens with one attached hydrogen (secondary N) is 1. The average Bonchev–Trinajstić information content (AvgIpc) is 3.43. The van der Waals surface area contributed by atoms with Crippen molar-refractivity contribution in [3.63, 3.8) is 0 Å². The fourth-order valence-electron chi connectivity index (χ4n) is 3.89. The number of rotatable bonds is 9. The molecule has 0 radical (unpaired) electrons. The Morgan fingerprint density at radius 2 is 2.15 bits per heavy atom. The van der Waals surface area contributed by atoms with Crippen LogP contribution in [-0.4, -0.2) is 46.6 Å². The van der Waals surface area contributed by atoms with Crippen LogP contribution in [0.3, 0.4) is 0 Å². The fourth-order valence-corrected chi connectivity index (χ4v) is 4.50. The van der Waals surface area contributed by atoms with Crippen molar-refractivity contribution in [3.8, 4) is 0 Å². The highest BCUT2D eigenvalue weighted by Crippen LogP contribution is 2.29. The van der Waals surface area contributed by atoms with E-state index in [1.165, 1.54) is 29.3 Å². The van der Waals surface area contributed by atoms with Gasteiger partial charge in [-0.1, -0.05) is 17.7 Å². The fraction of sp³-hybridized carbons (Fsp3) is 0.333. The second-order valence-corrected chi connectivity index (χ2v) is 9.67. The lowest BCUT2D eigenvalue weighted by Crippen LogP contribution is -2.22. The van der Waals surface area contributed by atoms with E-state index in [1.54, 1.807) is 18.3 Å². The molecule has 13 heteroatoms. The number of hydrogen-bond acceptors (Lipinski definition) is 8. The van der Waals surface area contributed by atoms with Crippen molar-refractivity contribution in [1.82, 2.24) is 19.7 Å². The maximum absolute atomic E-state index is 13.3. The molecule has 2 heterocycles. The van der Waals surface area contributed by atoms with Gasteiger partial charge >= 0.3 is 10.3 Å². The first-order valence-electron chi connectivity index (χ1n) is 10.4. The normalized spacial score (nSPS) is 18.2. The smallest absolute Gasteiger partial charge is 0.333 e. The molecule has 1 saturated carbocycles. The molecule has 3 aromatic rings. The number of ketones is 1. The largest absolute Gasteiger partial charge is 0.367 e. The Labute approximate surface area is 200 Å². The zero-order valence-corrected chi connectivity index (χ0v) is 19.5. The van der Waals surface area contributed by atoms with Gasteiger partial charge in [-0.2, -0.15) is 13.5 Å². The van der Waals surface area contributed by atoms with Crippen LogP contribution in [0, 0.1) is 11.7 Å². The summed E-state index contributed by atoms with van der Waals surface area (Å²) in [5.74, 6) is -0.404. The molecule has 0 saturated heterocycles. The van der Waals surface area contributed by atoms with Crippen LogP contribution in [0.4, 0.5) is 10.2 Å². The lowest BCUT2D eigenvalue weighted by Gasteiger charge is -2.15. The summed E-state index contributed by atoms with van der Waals surface area (Å²) in [6, 6.07) is 5.66. The molecule has 10 nitrogen and oxygen atoms in total. The highest BCUT2D eigenvalue weighted by atomic mass is 35.5. The molecule has 0 bridgehead atoms. The summed E-state index contributed by atoms with van der Waals surface area (Å²) in [5.41, 5.74) is 1.12. The predicted molar refractivity (Wildman–Crippen MR) is 122 cm³/mol. The minimum absolute atomic E-state index is 0.0160. The molecule has 1 aromatic carbocycles. The summed E-state index contributed by atoms with van der Waals surface area (Å²) in [6.07, 6.45) is 6.53. The molecule has 4 rings (SSSR count). The summed E-state index contributed by atoms with van der Waals surface area (Å²) in [6.45, 7) is 0.287. The van der Waals surface area contributed by atoms with E-state index in [0.717, 1.165) is 12.8 Å². The Morgan fingerprint density at radius 1 is 1.32 bits per heavy atom. The SMILES string of the molecule is NS(=O)(=O)OC[C@@H]1CC[C@H](Nc2ncncc2C(=O)c2ccn(Cc3ccc(F)cc3Cl)n2)C1. The Kier molecular flexibility index (Phi) is 7.22. The molecule has 0 unspecified atom stereocenters. The second kappa shape index (κ2) is 10.1. The van der Waals surface area contributed by atoms with Gasteiger partial charge < -0.3 is 5.32 Å². The standard InChI is InChI=1S/C21H22ClFN6O4S/c22-18-8-15(23)3-2-14(18)10-29-6-5-19(28-29)20(30)17-9-25-12-26-21(17)27-16-4-1-13(7-16)11-33-34(24,31)32/h2-3,5-6,8-9,12-13,16H,1,4,7,10-11H2,(H2,24,31,32)(H,25,26,27)/t13-,16+/m1/s1. The molecule has 180 valence electrons. The van der Waals surface area contributed by atoms with Gasteiger partial charge in [0.25, 0.3) is 0 Å². The lowest BCUT2D eigenvalue weighted by molar-refractivity contribution is 0.103. The molecule has 34 heavy (non-hydrogen) atoms. The minimum Gasteiger partial charge on any atom is -0.367 e. The van der Waals surface area contributed by atoms with Crippen LogP contribution in [0.25, 0.3) is 0 Å². The summed E-state index contributed by atoms with van der Waals surface area (Å²) in [4.78, 5) is 21.3. The van der Waals surface area contributed by atoms with Crippen LogP contribution < -0.4 is 10.5 Å². The summed E-state index contributed by atoms with van der Waals surface area (Å²) >= 11 is 6.08. The predicted octanol–water partition coefficient (Wildman–Crippen LogP) is 2.55. The van der Waals surface area contributed by atoms with Crippen molar-refractivity contribution >= 4 is 33.5 Å². The topological polar surface area (TPSA) is 142 Å². The van der Waals surface area contributed by atoms with E-state index in [1.807, 2.05) is 0 Å². The molecule has 2 aromatic heterocycles. The molecule has 0 spiro atoms. The molecule has 1 aliphatic rings. The summed E-state index contributed by atoms with van der Waals surface area (Å²) < 4.78 is 41.5. The van der Waals surface area contributed by atoms with Gasteiger partial charge in [0.05, 0.1) is 18.7 Å². The van der Waals surface area contributed by atoms with Gasteiger partial charge in [0.2, 0.25) is 5.78 Å². The summed E-state index contributed by atoms with van der Waals surface area (Å²) in [7, 11) is -3.98. The van der Waals surface area contributed by atoms with Gasteiger partial charge in [0, 0.05) is 23.5 Å². The van der Waals surface area contributed by atoms with E-state index in [4.69, 9.17) is 20.9 Å². The number of carbonyl (C=O) groups excluding carboxylic acids is 1. The van der Waals surface area contributed by atoms with Gasteiger partial charge in [-0.15, -0.1) is 0 Å². The molecule has 1 fully saturated rings. The van der Waals surface area contributed by atoms with Crippen LogP contribution >= 0.6 is 11.6 Å². The lowest BCUT2D eigenvalue weighted by atomic mass is 10.1. The van der Waals surface area contributed by atoms with Crippen molar-refractivity contribution in [2.24, 2.45) is 11.1 Å². The van der Waals surface area contributed by atoms with Gasteiger partial charge in [-0.25, -0.2) is 19.5 Å². The van der Waals surface area contributed by atoms with E-state index in [2.05, 4.69) is 20.4 Å². The van der Waals surface area contributed by atoms with Gasteiger partial charge in [0.15, 0.2) is 0 Å². The zero-order valence-electron chi connectivity index (χ0n) is 17.9. The summed E-state index contributed by atoms with van der Waals surface area (Å²) in [5, 5.41) is 12.7. The van der Waals surface area contributed by atoms with Crippen LogP contribution in [-0.2, 0) is 21.0 Å². The van der Waals surface area contributed by atoms with Crippen LogP contribution in [0.1, 0.15) is 40.9 Å². The van der Waals surface area contributed by atoms with Crippen molar-refractivity contribution in [3.05, 3.63) is 70.6 Å². The van der Waals surface area contributed by atoms with Crippen molar-refractivity contribution < 1.29 is 21.8 Å². The quantitative estimate of drug-likeness (QED) is 0.420. The average molecular weight is 509 g/mol. The maximum Gasteiger partial charge on any atom is 0.333 e. The van der Waals surface area contributed by atoms with E-state index in [0.29, 0.717) is 17.8 Å². The van der Waals surface area contributed by atoms with Gasteiger partial charge in [-0.3, -0.25) is 13.7 Å². The van der Waals surface area contributed by atoms with E-state index < -0.39 is 16.1 Å². The van der Waals surface area contributed by atoms with Crippen LogP contribution in [0.2, 0.25) is 5.02 Å². The minimum atomic E-state index is -3.98. The molecule has 3 N–H and O–H groups in total. The Balaban J connectivity index is 1.43. The highest BCUT2D eigenvalue weighted by Gasteiger charge is 2.28. The number of anilines is 1. The van der Waals surface area contributed by atoms with Crippen molar-refractivity contribution in [2.75, 3.05) is 11.9 Å². The molecule has 1 aliphatic carbocycles. The third kappa shape index (κ3) is 6.14. The number of halogens is 2. The number of carbonyl (C=O) groups is 1. The van der Waals surface area contributed by atoms with Crippen LogP contribution in [0.5, 0.6) is 0 Å². The zero-order chi connectivity index (χ0) is 24.3. The van der Waals surface area contributed by atoms with Crippen molar-refractivity contribution in [1.29, 1.82) is 0 Å². The molecule has 0 aliphatic heterocycles. The van der Waals surface area contributed by atoms with E-state index in [9.17, 15) is 17.6 Å². The van der Waals surface area contributed by atoms with Crippen molar-refractivity contribution in [2.45, 2.75) is 31.8 Å². The van der Waals surface area contributed by atoms with E-state index >= 15 is 0 Å². The Bertz CT molecular complexity index is 1300. The highest BCUT2D eigenvalue weighted by molar-refractivity contribution is 7.84. The Hall–Kier alpha value is -2.93. The number of nitrogens with zero attached hydrogens (tertiary/aromatic N) is 4. The Morgan fingerprint density at radius 3 is 2.91 bits per heavy atom. The number of benzene rings is 1. The van der Waals surface area contributed by atoms with Gasteiger partial charge in [-0.05, 0) is 48.9 Å². The number of hydrogen-bond donors (Lipinski definition) is 2. The number of aromatic nitrogens is 4. The van der Waals surface area contributed by atoms with Crippen LogP contribution in [0.15, 0.2) is 43.0 Å². The second-order valence-electron chi connectivity index (χ2n) is 8.05. The molecular weight excluding hydrogens is 487 g/mol. The van der Waals surface area contributed by atoms with Gasteiger partial charge in [0.1, 0.15) is 23.7 Å². The maximum atomic E-state index is 13.3. The third-order valence-corrected chi connectivity index (χ3v) is 6.34.